The van der Waals surface area contributed by atoms with Gasteiger partial charge in [0, 0.05) is 5.92 Å². The summed E-state index contributed by atoms with van der Waals surface area (Å²) in [5, 5.41) is 18.4. The highest BCUT2D eigenvalue weighted by molar-refractivity contribution is 5.88. The van der Waals surface area contributed by atoms with Gasteiger partial charge in [0.25, 0.3) is 0 Å². The molecule has 0 spiro atoms. The van der Waals surface area contributed by atoms with E-state index in [9.17, 15) is 19.8 Å². The fourth-order valence-corrected chi connectivity index (χ4v) is 7.97. The molecule has 3 rings (SSSR count). The van der Waals surface area contributed by atoms with Crippen molar-refractivity contribution in [1.29, 1.82) is 0 Å². The molecule has 0 saturated heterocycles. The van der Waals surface area contributed by atoms with E-state index in [2.05, 4.69) is 58.2 Å². The zero-order valence-corrected chi connectivity index (χ0v) is 30.4. The maximum atomic E-state index is 12.1. The predicted molar refractivity (Wildman–Crippen MR) is 194 cm³/mol. The van der Waals surface area contributed by atoms with E-state index in [-0.39, 0.29) is 36.2 Å². The number of esters is 2. The minimum Gasteiger partial charge on any atom is -0.462 e. The van der Waals surface area contributed by atoms with Crippen LogP contribution >= 0.6 is 0 Å². The first-order chi connectivity index (χ1) is 23.1. The third-order valence-electron chi connectivity index (χ3n) is 11.7. The van der Waals surface area contributed by atoms with Gasteiger partial charge in [-0.1, -0.05) is 96.7 Å². The number of unbranched alkanes of at least 4 members (excludes halogenated alkanes) is 2. The van der Waals surface area contributed by atoms with Crippen molar-refractivity contribution in [2.45, 2.75) is 129 Å². The Bertz CT molecular complexity index is 1080. The van der Waals surface area contributed by atoms with Gasteiger partial charge in [-0.2, -0.15) is 0 Å². The molecule has 0 bridgehead atoms. The lowest BCUT2D eigenvalue weighted by molar-refractivity contribution is -0.146. The number of aryl methyl sites for hydroxylation is 1. The van der Waals surface area contributed by atoms with Crippen LogP contribution in [0.5, 0.6) is 0 Å². The van der Waals surface area contributed by atoms with Crippen molar-refractivity contribution < 1.29 is 29.3 Å². The number of benzene rings is 1. The van der Waals surface area contributed by atoms with E-state index in [0.717, 1.165) is 43.9 Å². The van der Waals surface area contributed by atoms with Crippen molar-refractivity contribution >= 4 is 11.9 Å². The summed E-state index contributed by atoms with van der Waals surface area (Å²) in [5.74, 6) is 2.58. The second-order valence-corrected chi connectivity index (χ2v) is 15.3. The normalized spacial score (nSPS) is 22.5. The van der Waals surface area contributed by atoms with E-state index in [4.69, 9.17) is 9.47 Å². The van der Waals surface area contributed by atoms with Gasteiger partial charge in [-0.15, -0.1) is 0 Å². The van der Waals surface area contributed by atoms with Crippen LogP contribution in [0.2, 0.25) is 0 Å². The minimum atomic E-state index is -0.632. The van der Waals surface area contributed by atoms with Crippen molar-refractivity contribution in [3.05, 3.63) is 59.7 Å². The summed E-state index contributed by atoms with van der Waals surface area (Å²) in [5.41, 5.74) is 3.03. The topological polar surface area (TPSA) is 93.1 Å². The number of rotatable bonds is 21. The van der Waals surface area contributed by atoms with Crippen LogP contribution in [0.25, 0.3) is 0 Å². The van der Waals surface area contributed by atoms with E-state index >= 15 is 0 Å². The summed E-state index contributed by atoms with van der Waals surface area (Å²) in [6, 6.07) is 9.60. The first-order valence-electron chi connectivity index (χ1n) is 19.1. The number of ether oxygens (including phenoxy) is 2. The molecule has 0 aromatic heterocycles. The highest BCUT2D eigenvalue weighted by Gasteiger charge is 2.32. The largest absolute Gasteiger partial charge is 0.462 e. The molecule has 6 heteroatoms. The lowest BCUT2D eigenvalue weighted by Gasteiger charge is -2.36. The van der Waals surface area contributed by atoms with Crippen molar-refractivity contribution in [2.24, 2.45) is 35.5 Å². The van der Waals surface area contributed by atoms with Gasteiger partial charge in [-0.3, -0.25) is 0 Å². The predicted octanol–water partition coefficient (Wildman–Crippen LogP) is 9.13. The maximum absolute atomic E-state index is 12.1. The van der Waals surface area contributed by atoms with E-state index in [1.807, 2.05) is 0 Å². The van der Waals surface area contributed by atoms with Crippen molar-refractivity contribution in [1.82, 2.24) is 0 Å². The van der Waals surface area contributed by atoms with Crippen molar-refractivity contribution in [3.8, 4) is 0 Å². The van der Waals surface area contributed by atoms with Gasteiger partial charge < -0.3 is 19.7 Å². The molecule has 2 N–H and O–H groups in total. The molecular weight excluding hydrogens is 600 g/mol. The molecule has 0 radical (unpaired) electrons. The molecule has 2 aliphatic rings. The summed E-state index contributed by atoms with van der Waals surface area (Å²) in [6.45, 7) is 13.5. The molecule has 6 nitrogen and oxygen atoms in total. The Balaban J connectivity index is 1.37. The van der Waals surface area contributed by atoms with Crippen LogP contribution in [0.3, 0.4) is 0 Å². The van der Waals surface area contributed by atoms with Gasteiger partial charge in [-0.25, -0.2) is 9.59 Å². The summed E-state index contributed by atoms with van der Waals surface area (Å²) in [6.07, 6.45) is 20.2. The van der Waals surface area contributed by atoms with Crippen LogP contribution in [-0.2, 0) is 25.5 Å². The number of aliphatic hydroxyl groups is 2. The first-order valence-corrected chi connectivity index (χ1v) is 19.1. The van der Waals surface area contributed by atoms with Crippen LogP contribution in [0.4, 0.5) is 0 Å². The van der Waals surface area contributed by atoms with E-state index < -0.39 is 25.2 Å². The SMILES string of the molecule is C=C(CO)C(=O)OCC(COC(=O)C(=C)CO)C1CCC(C(C)CCC(C)CCc2ccc(C3CCC(CCCCC)CC3)cc2)CC1. The van der Waals surface area contributed by atoms with Crippen LogP contribution < -0.4 is 0 Å². The lowest BCUT2D eigenvalue weighted by atomic mass is 9.71. The smallest absolute Gasteiger partial charge is 0.335 e. The van der Waals surface area contributed by atoms with Crippen molar-refractivity contribution in [2.75, 3.05) is 26.4 Å². The molecule has 2 saturated carbocycles. The van der Waals surface area contributed by atoms with Gasteiger partial charge in [-0.05, 0) is 111 Å². The Hall–Kier alpha value is -2.44. The third kappa shape index (κ3) is 13.5. The number of carbonyl (C=O) groups is 2. The standard InChI is InChI=1S/C42H66O6/c1-6-7-8-9-34-14-18-37(19-15-34)38-20-16-35(17-21-38)13-11-30(2)10-12-31(3)36-22-24-39(25-23-36)40(28-47-41(45)32(4)26-43)29-48-42(46)33(5)27-44/h16-17,20-21,30-31,34,36-37,39-40,43-44H,4-15,18-19,22-29H2,1-3H3. The Morgan fingerprint density at radius 2 is 1.33 bits per heavy atom. The summed E-state index contributed by atoms with van der Waals surface area (Å²) >= 11 is 0. The Kier molecular flexibility index (Phi) is 18.0. The molecular formula is C42H66O6. The van der Waals surface area contributed by atoms with Gasteiger partial charge in [0.1, 0.15) is 0 Å². The second kappa shape index (κ2) is 21.6. The third-order valence-corrected chi connectivity index (χ3v) is 11.7. The fraction of sp³-hybridized carbons (Fsp3) is 0.714. The van der Waals surface area contributed by atoms with Gasteiger partial charge >= 0.3 is 11.9 Å². The quantitative estimate of drug-likeness (QED) is 0.0772. The van der Waals surface area contributed by atoms with E-state index in [0.29, 0.717) is 17.8 Å². The number of carbonyl (C=O) groups excluding carboxylic acids is 2. The molecule has 0 amide bonds. The van der Waals surface area contributed by atoms with Gasteiger partial charge in [0.2, 0.25) is 0 Å². The maximum Gasteiger partial charge on any atom is 0.335 e. The molecule has 48 heavy (non-hydrogen) atoms. The van der Waals surface area contributed by atoms with E-state index in [1.54, 1.807) is 5.56 Å². The van der Waals surface area contributed by atoms with Crippen LogP contribution in [0.15, 0.2) is 48.6 Å². The molecule has 270 valence electrons. The molecule has 0 aliphatic heterocycles. The van der Waals surface area contributed by atoms with Crippen LogP contribution in [0, 0.1) is 35.5 Å². The minimum absolute atomic E-state index is 0.00438. The average molecular weight is 667 g/mol. The zero-order chi connectivity index (χ0) is 34.9. The summed E-state index contributed by atoms with van der Waals surface area (Å²) in [4.78, 5) is 24.3. The average Bonchev–Trinajstić information content (AvgIpc) is 3.12. The molecule has 2 unspecified atom stereocenters. The molecule has 1 aromatic carbocycles. The van der Waals surface area contributed by atoms with Crippen LogP contribution in [-0.4, -0.2) is 48.6 Å². The summed E-state index contributed by atoms with van der Waals surface area (Å²) in [7, 11) is 0. The van der Waals surface area contributed by atoms with E-state index in [1.165, 1.54) is 76.2 Å². The molecule has 1 aromatic rings. The van der Waals surface area contributed by atoms with Gasteiger partial charge in [0.05, 0.1) is 37.6 Å². The highest BCUT2D eigenvalue weighted by atomic mass is 16.5. The number of hydrogen-bond donors (Lipinski definition) is 2. The lowest BCUT2D eigenvalue weighted by Crippen LogP contribution is -2.32. The molecule has 2 fully saturated rings. The number of aliphatic hydroxyl groups excluding tert-OH is 2. The van der Waals surface area contributed by atoms with Crippen molar-refractivity contribution in [3.63, 3.8) is 0 Å². The number of hydrogen-bond acceptors (Lipinski definition) is 6. The summed E-state index contributed by atoms with van der Waals surface area (Å²) < 4.78 is 10.8. The Labute approximate surface area is 291 Å². The Morgan fingerprint density at radius 3 is 1.88 bits per heavy atom. The fourth-order valence-electron chi connectivity index (χ4n) is 7.97. The van der Waals surface area contributed by atoms with Crippen LogP contribution in [0.1, 0.15) is 134 Å². The zero-order valence-electron chi connectivity index (χ0n) is 30.4. The monoisotopic (exact) mass is 666 g/mol. The van der Waals surface area contributed by atoms with Gasteiger partial charge in [0.15, 0.2) is 0 Å². The first kappa shape index (κ1) is 40.0. The molecule has 2 atom stereocenters. The molecule has 0 heterocycles. The second-order valence-electron chi connectivity index (χ2n) is 15.3. The highest BCUT2D eigenvalue weighted by Crippen LogP contribution is 2.40. The molecule has 2 aliphatic carbocycles. The Morgan fingerprint density at radius 1 is 0.771 bits per heavy atom.